The van der Waals surface area contributed by atoms with Crippen molar-refractivity contribution < 1.29 is 28.6 Å². The van der Waals surface area contributed by atoms with E-state index in [0.717, 1.165) is 0 Å². The van der Waals surface area contributed by atoms with Gasteiger partial charge in [0.1, 0.15) is 0 Å². The van der Waals surface area contributed by atoms with E-state index in [1.165, 1.54) is 0 Å². The van der Waals surface area contributed by atoms with E-state index in [9.17, 15) is 4.57 Å². The van der Waals surface area contributed by atoms with E-state index in [1.807, 2.05) is 6.92 Å². The smallest absolute Gasteiger partial charge is 0.299 e. The van der Waals surface area contributed by atoms with Gasteiger partial charge in [-0.15, -0.1) is 9.35 Å². The van der Waals surface area contributed by atoms with Gasteiger partial charge in [0.2, 0.25) is 0 Å². The number of rotatable bonds is 7. The highest BCUT2D eigenvalue weighted by Crippen LogP contribution is 2.43. The minimum absolute atomic E-state index is 0.150. The largest absolute Gasteiger partial charge is 0.526 e. The Labute approximate surface area is 77.2 Å². The molecule has 0 heterocycles. The summed E-state index contributed by atoms with van der Waals surface area (Å²) in [5.41, 5.74) is 0. The van der Waals surface area contributed by atoms with Crippen LogP contribution in [0, 0.1) is 0 Å². The van der Waals surface area contributed by atoms with Gasteiger partial charge in [-0.05, 0) is 20.3 Å². The Morgan fingerprint density at radius 1 is 1.38 bits per heavy atom. The normalized spacial score (nSPS) is 18.2. The molecule has 0 fully saturated rings. The molecular formula is C6H15O6P. The molecule has 0 aromatic carbocycles. The summed E-state index contributed by atoms with van der Waals surface area (Å²) < 4.78 is 19.0. The van der Waals surface area contributed by atoms with Gasteiger partial charge in [-0.1, -0.05) is 6.92 Å². The molecule has 13 heavy (non-hydrogen) atoms. The van der Waals surface area contributed by atoms with Crippen molar-refractivity contribution in [3.63, 3.8) is 0 Å². The maximum Gasteiger partial charge on any atom is 0.526 e. The van der Waals surface area contributed by atoms with Crippen molar-refractivity contribution in [1.29, 1.82) is 0 Å². The number of hydrogen-bond acceptors (Lipinski definition) is 5. The number of phosphoric acid groups is 1. The fourth-order valence-corrected chi connectivity index (χ4v) is 0.847. The second kappa shape index (κ2) is 6.48. The average molecular weight is 214 g/mol. The van der Waals surface area contributed by atoms with Gasteiger partial charge in [-0.2, -0.15) is 0 Å². The Balaban J connectivity index is 3.68. The zero-order chi connectivity index (χ0) is 10.3. The highest BCUT2D eigenvalue weighted by Gasteiger charge is 2.25. The Kier molecular flexibility index (Phi) is 6.49. The van der Waals surface area contributed by atoms with Gasteiger partial charge in [0.15, 0.2) is 0 Å². The summed E-state index contributed by atoms with van der Waals surface area (Å²) in [5, 5.41) is 0. The molecule has 2 unspecified atom stereocenters. The van der Waals surface area contributed by atoms with Crippen LogP contribution in [-0.4, -0.2) is 17.6 Å². The molecule has 6 nitrogen and oxygen atoms in total. The van der Waals surface area contributed by atoms with Crippen molar-refractivity contribution >= 4 is 7.82 Å². The van der Waals surface area contributed by atoms with Crippen LogP contribution >= 0.6 is 7.82 Å². The lowest BCUT2D eigenvalue weighted by Gasteiger charge is -2.12. The second-order valence-corrected chi connectivity index (χ2v) is 3.57. The summed E-state index contributed by atoms with van der Waals surface area (Å²) in [7, 11) is -4.22. The minimum atomic E-state index is -4.22. The van der Waals surface area contributed by atoms with E-state index in [1.54, 1.807) is 13.8 Å². The summed E-state index contributed by atoms with van der Waals surface area (Å²) in [6.45, 7) is 5.30. The second-order valence-electron chi connectivity index (χ2n) is 2.34. The Hall–Kier alpha value is 0.0300. The van der Waals surface area contributed by atoms with Gasteiger partial charge >= 0.3 is 7.82 Å². The topological polar surface area (TPSA) is 74.2 Å². The van der Waals surface area contributed by atoms with Crippen LogP contribution < -0.4 is 0 Å². The summed E-state index contributed by atoms with van der Waals surface area (Å²) in [6, 6.07) is 0. The molecule has 0 aliphatic rings. The van der Waals surface area contributed by atoms with Gasteiger partial charge < -0.3 is 0 Å². The third kappa shape index (κ3) is 7.13. The van der Waals surface area contributed by atoms with Crippen LogP contribution in [0.4, 0.5) is 0 Å². The molecule has 0 bridgehead atoms. The quantitative estimate of drug-likeness (QED) is 0.395. The van der Waals surface area contributed by atoms with Gasteiger partial charge in [-0.25, -0.2) is 14.3 Å². The average Bonchev–Trinajstić information content (AvgIpc) is 2.11. The number of hydrogen-bond donors (Lipinski definition) is 1. The first kappa shape index (κ1) is 13.0. The standard InChI is InChI=1S/C6H15O6P/c1-4-6(3)10-12-13(7,8)11-9-5-2/h6H,4-5H2,1-3H3,(H,7,8). The van der Waals surface area contributed by atoms with Crippen molar-refractivity contribution in [3.05, 3.63) is 0 Å². The Morgan fingerprint density at radius 3 is 2.46 bits per heavy atom. The minimum Gasteiger partial charge on any atom is -0.299 e. The van der Waals surface area contributed by atoms with Gasteiger partial charge in [0.05, 0.1) is 12.7 Å². The van der Waals surface area contributed by atoms with Crippen molar-refractivity contribution in [1.82, 2.24) is 0 Å². The summed E-state index contributed by atoms with van der Waals surface area (Å²) in [6.07, 6.45) is 0.389. The van der Waals surface area contributed by atoms with Gasteiger partial charge in [0.25, 0.3) is 0 Å². The van der Waals surface area contributed by atoms with Crippen LogP contribution in [0.15, 0.2) is 0 Å². The predicted molar refractivity (Wildman–Crippen MR) is 44.5 cm³/mol. The van der Waals surface area contributed by atoms with Crippen LogP contribution in [0.3, 0.4) is 0 Å². The highest BCUT2D eigenvalue weighted by atomic mass is 31.2. The van der Waals surface area contributed by atoms with Crippen molar-refractivity contribution in [2.75, 3.05) is 6.61 Å². The maximum atomic E-state index is 10.9. The first-order chi connectivity index (χ1) is 6.02. The lowest BCUT2D eigenvalue weighted by Crippen LogP contribution is -2.07. The molecule has 0 amide bonds. The zero-order valence-electron chi connectivity index (χ0n) is 7.93. The van der Waals surface area contributed by atoms with Crippen LogP contribution in [0.2, 0.25) is 0 Å². The van der Waals surface area contributed by atoms with E-state index in [-0.39, 0.29) is 12.7 Å². The van der Waals surface area contributed by atoms with Crippen molar-refractivity contribution in [2.24, 2.45) is 0 Å². The van der Waals surface area contributed by atoms with E-state index >= 15 is 0 Å². The van der Waals surface area contributed by atoms with Crippen LogP contribution in [-0.2, 0) is 23.7 Å². The highest BCUT2D eigenvalue weighted by molar-refractivity contribution is 7.47. The monoisotopic (exact) mass is 214 g/mol. The van der Waals surface area contributed by atoms with E-state index in [4.69, 9.17) is 4.89 Å². The SMILES string of the molecule is CCOOP(=O)(O)OOC(C)CC. The molecule has 0 aliphatic carbocycles. The Morgan fingerprint density at radius 2 is 2.00 bits per heavy atom. The van der Waals surface area contributed by atoms with E-state index in [0.29, 0.717) is 6.42 Å². The molecule has 2 atom stereocenters. The molecule has 0 rings (SSSR count). The molecule has 0 aliphatic heterocycles. The first-order valence-electron chi connectivity index (χ1n) is 4.01. The maximum absolute atomic E-state index is 10.9. The van der Waals surface area contributed by atoms with Gasteiger partial charge in [0, 0.05) is 0 Å². The molecule has 0 aromatic heterocycles. The summed E-state index contributed by atoms with van der Waals surface area (Å²) >= 11 is 0. The molecular weight excluding hydrogens is 199 g/mol. The zero-order valence-corrected chi connectivity index (χ0v) is 8.82. The fraction of sp³-hybridized carbons (Fsp3) is 1.00. The van der Waals surface area contributed by atoms with Crippen LogP contribution in [0.1, 0.15) is 27.2 Å². The molecule has 80 valence electrons. The molecule has 7 heteroatoms. The molecule has 0 spiro atoms. The van der Waals surface area contributed by atoms with E-state index < -0.39 is 7.82 Å². The summed E-state index contributed by atoms with van der Waals surface area (Å²) in [5.74, 6) is 0. The van der Waals surface area contributed by atoms with Crippen molar-refractivity contribution in [3.8, 4) is 0 Å². The Bertz CT molecular complexity index is 173. The third-order valence-corrected chi connectivity index (χ3v) is 1.71. The third-order valence-electron chi connectivity index (χ3n) is 1.14. The van der Waals surface area contributed by atoms with Gasteiger partial charge in [-0.3, -0.25) is 4.89 Å². The van der Waals surface area contributed by atoms with Crippen LogP contribution in [0.5, 0.6) is 0 Å². The lowest BCUT2D eigenvalue weighted by atomic mass is 10.3. The molecule has 0 aromatic rings. The fourth-order valence-electron chi connectivity index (χ4n) is 0.328. The molecule has 0 saturated heterocycles. The van der Waals surface area contributed by atoms with Crippen LogP contribution in [0.25, 0.3) is 0 Å². The van der Waals surface area contributed by atoms with Crippen molar-refractivity contribution in [2.45, 2.75) is 33.3 Å². The lowest BCUT2D eigenvalue weighted by molar-refractivity contribution is -0.293. The molecule has 0 radical (unpaired) electrons. The molecule has 0 saturated carbocycles. The van der Waals surface area contributed by atoms with E-state index in [2.05, 4.69) is 19.1 Å². The predicted octanol–water partition coefficient (Wildman–Crippen LogP) is 1.80. The first-order valence-corrected chi connectivity index (χ1v) is 5.50. The summed E-state index contributed by atoms with van der Waals surface area (Å²) in [4.78, 5) is 17.6. The molecule has 1 N–H and O–H groups in total.